The zero-order valence-corrected chi connectivity index (χ0v) is 14.3. The van der Waals surface area contributed by atoms with Crippen LogP contribution in [0.2, 0.25) is 0 Å². The smallest absolute Gasteiger partial charge is 0.211 e. The van der Waals surface area contributed by atoms with E-state index >= 15 is 0 Å². The lowest BCUT2D eigenvalue weighted by molar-refractivity contribution is 0.454. The second-order valence-electron chi connectivity index (χ2n) is 6.12. The van der Waals surface area contributed by atoms with Gasteiger partial charge in [0.15, 0.2) is 0 Å². The van der Waals surface area contributed by atoms with Gasteiger partial charge in [0.2, 0.25) is 5.88 Å². The maximum absolute atomic E-state index is 14.1. The van der Waals surface area contributed by atoms with Gasteiger partial charge in [-0.05, 0) is 41.8 Å². The number of aromatic nitrogens is 2. The van der Waals surface area contributed by atoms with E-state index in [2.05, 4.69) is 15.3 Å². The van der Waals surface area contributed by atoms with Crippen molar-refractivity contribution in [1.29, 1.82) is 0 Å². The second kappa shape index (κ2) is 6.52. The molecule has 0 saturated heterocycles. The van der Waals surface area contributed by atoms with Gasteiger partial charge in [0.25, 0.3) is 0 Å². The third-order valence-corrected chi connectivity index (χ3v) is 4.36. The molecule has 2 aromatic heterocycles. The number of anilines is 1. The first kappa shape index (κ1) is 16.1. The zero-order chi connectivity index (χ0) is 18.1. The minimum atomic E-state index is -0.253. The van der Waals surface area contributed by atoms with E-state index in [4.69, 9.17) is 0 Å². The Balaban J connectivity index is 1.64. The van der Waals surface area contributed by atoms with E-state index in [-0.39, 0.29) is 11.7 Å². The fourth-order valence-electron chi connectivity index (χ4n) is 3.05. The molecule has 0 aliphatic heterocycles. The predicted molar refractivity (Wildman–Crippen MR) is 103 cm³/mol. The third kappa shape index (κ3) is 2.99. The summed E-state index contributed by atoms with van der Waals surface area (Å²) < 4.78 is 14.1. The van der Waals surface area contributed by atoms with Crippen LogP contribution < -0.4 is 5.32 Å². The molecule has 3 N–H and O–H groups in total. The van der Waals surface area contributed by atoms with Crippen molar-refractivity contribution in [3.8, 4) is 28.3 Å². The predicted octanol–water partition coefficient (Wildman–Crippen LogP) is 5.17. The number of aromatic hydroxyl groups is 1. The molecule has 0 radical (unpaired) electrons. The lowest BCUT2D eigenvalue weighted by atomic mass is 10.0. The largest absolute Gasteiger partial charge is 0.493 e. The van der Waals surface area contributed by atoms with E-state index in [0.29, 0.717) is 12.2 Å². The lowest BCUT2D eigenvalue weighted by Crippen LogP contribution is -1.99. The number of H-pyrrole nitrogens is 1. The molecule has 2 aromatic carbocycles. The number of hydrogen-bond acceptors (Lipinski definition) is 3. The van der Waals surface area contributed by atoms with Crippen molar-refractivity contribution in [3.05, 3.63) is 66.6 Å². The minimum Gasteiger partial charge on any atom is -0.493 e. The van der Waals surface area contributed by atoms with Gasteiger partial charge in [0.05, 0.1) is 17.4 Å². The summed E-state index contributed by atoms with van der Waals surface area (Å²) in [5.41, 5.74) is 5.11. The second-order valence-corrected chi connectivity index (χ2v) is 6.12. The fourth-order valence-corrected chi connectivity index (χ4v) is 3.05. The van der Waals surface area contributed by atoms with Gasteiger partial charge < -0.3 is 15.4 Å². The monoisotopic (exact) mass is 347 g/mol. The first-order valence-electron chi connectivity index (χ1n) is 8.46. The van der Waals surface area contributed by atoms with Crippen LogP contribution in [0.3, 0.4) is 0 Å². The number of nitrogens with zero attached hydrogens (tertiary/aromatic N) is 1. The molecule has 0 bridgehead atoms. The SMILES string of the molecule is CCNc1ccc(-c2ccc(-c3cc4cc(O)ncc4[nH]3)cc2)cc1F. The van der Waals surface area contributed by atoms with Gasteiger partial charge >= 0.3 is 0 Å². The molecule has 0 fully saturated rings. The molecule has 0 unspecified atom stereocenters. The molecule has 5 heteroatoms. The molecule has 0 aliphatic carbocycles. The van der Waals surface area contributed by atoms with Crippen molar-refractivity contribution in [2.45, 2.75) is 6.92 Å². The Morgan fingerprint density at radius 2 is 1.73 bits per heavy atom. The van der Waals surface area contributed by atoms with E-state index in [1.54, 1.807) is 24.4 Å². The number of fused-ring (bicyclic) bond motifs is 1. The summed E-state index contributed by atoms with van der Waals surface area (Å²) in [7, 11) is 0. The average molecular weight is 347 g/mol. The highest BCUT2D eigenvalue weighted by molar-refractivity contribution is 5.86. The van der Waals surface area contributed by atoms with Crippen LogP contribution in [0, 0.1) is 5.82 Å². The van der Waals surface area contributed by atoms with Gasteiger partial charge in [0.1, 0.15) is 5.82 Å². The summed E-state index contributed by atoms with van der Waals surface area (Å²) in [6, 6.07) is 16.7. The Hall–Kier alpha value is -3.34. The van der Waals surface area contributed by atoms with Crippen LogP contribution in [0.4, 0.5) is 10.1 Å². The number of aromatic amines is 1. The molecular formula is C21H18FN3O. The van der Waals surface area contributed by atoms with Crippen LogP contribution in [0.15, 0.2) is 60.8 Å². The Bertz CT molecular complexity index is 1070. The van der Waals surface area contributed by atoms with Crippen LogP contribution in [-0.4, -0.2) is 21.6 Å². The number of halogens is 1. The summed E-state index contributed by atoms with van der Waals surface area (Å²) in [5, 5.41) is 13.4. The maximum atomic E-state index is 14.1. The summed E-state index contributed by atoms with van der Waals surface area (Å²) in [6.45, 7) is 2.62. The zero-order valence-electron chi connectivity index (χ0n) is 14.3. The summed E-state index contributed by atoms with van der Waals surface area (Å²) in [4.78, 5) is 7.17. The van der Waals surface area contributed by atoms with Crippen molar-refractivity contribution in [1.82, 2.24) is 9.97 Å². The molecular weight excluding hydrogens is 329 g/mol. The summed E-state index contributed by atoms with van der Waals surface area (Å²) in [6.07, 6.45) is 1.61. The van der Waals surface area contributed by atoms with E-state index in [9.17, 15) is 9.50 Å². The number of pyridine rings is 1. The average Bonchev–Trinajstić information content (AvgIpc) is 3.07. The van der Waals surface area contributed by atoms with Gasteiger partial charge in [-0.25, -0.2) is 9.37 Å². The normalized spacial score (nSPS) is 11.0. The number of rotatable bonds is 4. The number of nitrogens with one attached hydrogen (secondary N) is 2. The lowest BCUT2D eigenvalue weighted by Gasteiger charge is -2.08. The molecule has 2 heterocycles. The Labute approximate surface area is 150 Å². The summed E-state index contributed by atoms with van der Waals surface area (Å²) >= 11 is 0. The quantitative estimate of drug-likeness (QED) is 0.477. The highest BCUT2D eigenvalue weighted by atomic mass is 19.1. The molecule has 0 aliphatic rings. The summed E-state index contributed by atoms with van der Waals surface area (Å²) in [5.74, 6) is -0.252. The highest BCUT2D eigenvalue weighted by Gasteiger charge is 2.07. The molecule has 0 amide bonds. The third-order valence-electron chi connectivity index (χ3n) is 4.36. The van der Waals surface area contributed by atoms with Gasteiger partial charge in [-0.3, -0.25) is 0 Å². The van der Waals surface area contributed by atoms with E-state index in [0.717, 1.165) is 33.3 Å². The topological polar surface area (TPSA) is 60.9 Å². The highest BCUT2D eigenvalue weighted by Crippen LogP contribution is 2.29. The first-order valence-corrected chi connectivity index (χ1v) is 8.46. The van der Waals surface area contributed by atoms with Crippen molar-refractivity contribution >= 4 is 16.6 Å². The van der Waals surface area contributed by atoms with Crippen LogP contribution in [0.5, 0.6) is 5.88 Å². The number of hydrogen-bond donors (Lipinski definition) is 3. The van der Waals surface area contributed by atoms with Crippen LogP contribution >= 0.6 is 0 Å². The maximum Gasteiger partial charge on any atom is 0.211 e. The Morgan fingerprint density at radius 1 is 1.00 bits per heavy atom. The van der Waals surface area contributed by atoms with E-state index in [1.807, 2.05) is 43.3 Å². The van der Waals surface area contributed by atoms with Crippen LogP contribution in [-0.2, 0) is 0 Å². The van der Waals surface area contributed by atoms with E-state index < -0.39 is 0 Å². The van der Waals surface area contributed by atoms with Gasteiger partial charge in [-0.1, -0.05) is 30.3 Å². The van der Waals surface area contributed by atoms with Gasteiger partial charge in [-0.2, -0.15) is 0 Å². The molecule has 0 saturated carbocycles. The fraction of sp³-hybridized carbons (Fsp3) is 0.0952. The van der Waals surface area contributed by atoms with Crippen LogP contribution in [0.25, 0.3) is 33.3 Å². The van der Waals surface area contributed by atoms with Crippen molar-refractivity contribution in [2.24, 2.45) is 0 Å². The van der Waals surface area contributed by atoms with Gasteiger partial charge in [0, 0.05) is 23.7 Å². The molecule has 0 atom stereocenters. The van der Waals surface area contributed by atoms with E-state index in [1.165, 1.54) is 0 Å². The number of benzene rings is 2. The molecule has 4 nitrogen and oxygen atoms in total. The Kier molecular flexibility index (Phi) is 4.05. The standard InChI is InChI=1S/C21H18FN3O/c1-2-23-18-8-7-15(9-17(18)22)13-3-5-14(6-4-13)19-10-16-11-21(26)24-12-20(16)25-19/h3-12,23,25H,2H2,1H3,(H,24,26). The van der Waals surface area contributed by atoms with Gasteiger partial charge in [-0.15, -0.1) is 0 Å². The molecule has 0 spiro atoms. The molecule has 26 heavy (non-hydrogen) atoms. The van der Waals surface area contributed by atoms with Crippen molar-refractivity contribution < 1.29 is 9.50 Å². The van der Waals surface area contributed by atoms with Crippen LogP contribution in [0.1, 0.15) is 6.92 Å². The Morgan fingerprint density at radius 3 is 2.46 bits per heavy atom. The molecule has 130 valence electrons. The molecule has 4 aromatic rings. The first-order chi connectivity index (χ1) is 12.6. The van der Waals surface area contributed by atoms with Crippen molar-refractivity contribution in [2.75, 3.05) is 11.9 Å². The molecule has 4 rings (SSSR count). The van der Waals surface area contributed by atoms with Crippen molar-refractivity contribution in [3.63, 3.8) is 0 Å². The minimum absolute atomic E-state index is 0.00133.